The van der Waals surface area contributed by atoms with Gasteiger partial charge in [-0.2, -0.15) is 17.9 Å². The van der Waals surface area contributed by atoms with Crippen LogP contribution >= 0.6 is 0 Å². The minimum absolute atomic E-state index is 0.172. The molecule has 0 saturated carbocycles. The third-order valence-corrected chi connectivity index (χ3v) is 5.30. The summed E-state index contributed by atoms with van der Waals surface area (Å²) < 4.78 is 75.8. The average Bonchev–Trinajstić information content (AvgIpc) is 3.08. The van der Waals surface area contributed by atoms with E-state index in [9.17, 15) is 30.8 Å². The second-order valence-corrected chi connectivity index (χ2v) is 7.67. The van der Waals surface area contributed by atoms with Gasteiger partial charge in [-0.1, -0.05) is 0 Å². The number of halogens is 4. The van der Waals surface area contributed by atoms with Crippen molar-refractivity contribution in [3.8, 4) is 5.69 Å². The quantitative estimate of drug-likeness (QED) is 0.639. The fourth-order valence-electron chi connectivity index (χ4n) is 2.32. The van der Waals surface area contributed by atoms with E-state index in [0.29, 0.717) is 23.6 Å². The molecule has 2 aromatic carbocycles. The molecule has 152 valence electrons. The predicted octanol–water partition coefficient (Wildman–Crippen LogP) is 2.66. The Morgan fingerprint density at radius 3 is 2.31 bits per heavy atom. The van der Waals surface area contributed by atoms with Crippen LogP contribution in [0.3, 0.4) is 0 Å². The molecule has 0 aliphatic heterocycles. The number of amides is 1. The number of alkyl halides is 3. The third-order valence-electron chi connectivity index (χ3n) is 3.80. The number of aromatic nitrogens is 4. The maximum absolute atomic E-state index is 14.1. The topological polar surface area (TPSA) is 107 Å². The van der Waals surface area contributed by atoms with Crippen molar-refractivity contribution in [1.82, 2.24) is 20.2 Å². The van der Waals surface area contributed by atoms with Gasteiger partial charge in [0.15, 0.2) is 5.82 Å². The van der Waals surface area contributed by atoms with Crippen molar-refractivity contribution in [2.24, 2.45) is 0 Å². The Morgan fingerprint density at radius 1 is 1.10 bits per heavy atom. The molecule has 1 aromatic heterocycles. The van der Waals surface area contributed by atoms with Gasteiger partial charge in [0.2, 0.25) is 0 Å². The standard InChI is InChI=1S/C16H11F4N5O3S/c1-9-22-23-24-25(9)11-4-7-13(17)14(8-11)21-15(26)10-2-5-12(6-3-10)29(27,28)16(18,19)20/h2-8H,1H3,(H,21,26). The Morgan fingerprint density at radius 2 is 1.76 bits per heavy atom. The summed E-state index contributed by atoms with van der Waals surface area (Å²) in [4.78, 5) is 11.3. The van der Waals surface area contributed by atoms with E-state index in [-0.39, 0.29) is 11.3 Å². The first-order valence-electron chi connectivity index (χ1n) is 7.78. The molecule has 0 aliphatic carbocycles. The zero-order chi connectivity index (χ0) is 21.4. The number of rotatable bonds is 4. The van der Waals surface area contributed by atoms with E-state index < -0.39 is 32.0 Å². The van der Waals surface area contributed by atoms with Crippen LogP contribution < -0.4 is 5.32 Å². The average molecular weight is 429 g/mol. The van der Waals surface area contributed by atoms with E-state index in [1.165, 1.54) is 16.8 Å². The van der Waals surface area contributed by atoms with Gasteiger partial charge in [0.1, 0.15) is 5.82 Å². The summed E-state index contributed by atoms with van der Waals surface area (Å²) in [6, 6.07) is 6.79. The summed E-state index contributed by atoms with van der Waals surface area (Å²) in [7, 11) is -5.53. The van der Waals surface area contributed by atoms with Crippen LogP contribution in [0.2, 0.25) is 0 Å². The first kappa shape index (κ1) is 20.4. The van der Waals surface area contributed by atoms with Gasteiger partial charge in [0.05, 0.1) is 16.3 Å². The van der Waals surface area contributed by atoms with E-state index in [1.807, 2.05) is 0 Å². The van der Waals surface area contributed by atoms with E-state index in [1.54, 1.807) is 6.92 Å². The number of nitrogens with one attached hydrogen (secondary N) is 1. The van der Waals surface area contributed by atoms with E-state index >= 15 is 0 Å². The van der Waals surface area contributed by atoms with E-state index in [0.717, 1.165) is 18.2 Å². The molecule has 3 aromatic rings. The first-order valence-corrected chi connectivity index (χ1v) is 9.27. The SMILES string of the molecule is Cc1nnnn1-c1ccc(F)c(NC(=O)c2ccc(S(=O)(=O)C(F)(F)F)cc2)c1. The number of aryl methyl sites for hydroxylation is 1. The van der Waals surface area contributed by atoms with Crippen molar-refractivity contribution in [3.05, 3.63) is 59.7 Å². The Hall–Kier alpha value is -3.35. The lowest BCUT2D eigenvalue weighted by atomic mass is 10.2. The van der Waals surface area contributed by atoms with Gasteiger partial charge in [-0.3, -0.25) is 4.79 Å². The molecule has 1 N–H and O–H groups in total. The smallest absolute Gasteiger partial charge is 0.319 e. The Bertz CT molecular complexity index is 1170. The van der Waals surface area contributed by atoms with Crippen LogP contribution in [-0.4, -0.2) is 40.0 Å². The summed E-state index contributed by atoms with van der Waals surface area (Å²) >= 11 is 0. The highest BCUT2D eigenvalue weighted by Crippen LogP contribution is 2.30. The molecule has 0 saturated heterocycles. The highest BCUT2D eigenvalue weighted by molar-refractivity contribution is 7.92. The van der Waals surface area contributed by atoms with Crippen molar-refractivity contribution >= 4 is 21.4 Å². The van der Waals surface area contributed by atoms with Crippen LogP contribution in [0.15, 0.2) is 47.4 Å². The number of nitrogens with zero attached hydrogens (tertiary/aromatic N) is 4. The molecular formula is C16H11F4N5O3S. The molecule has 3 rings (SSSR count). The van der Waals surface area contributed by atoms with Crippen LogP contribution in [0.1, 0.15) is 16.2 Å². The zero-order valence-corrected chi connectivity index (χ0v) is 15.3. The van der Waals surface area contributed by atoms with Gasteiger partial charge >= 0.3 is 5.51 Å². The second kappa shape index (κ2) is 7.24. The van der Waals surface area contributed by atoms with Gasteiger partial charge in [-0.25, -0.2) is 12.8 Å². The summed E-state index contributed by atoms with van der Waals surface area (Å²) in [5.74, 6) is -1.22. The van der Waals surface area contributed by atoms with Crippen LogP contribution in [-0.2, 0) is 9.84 Å². The number of hydrogen-bond donors (Lipinski definition) is 1. The van der Waals surface area contributed by atoms with Crippen molar-refractivity contribution in [3.63, 3.8) is 0 Å². The number of anilines is 1. The van der Waals surface area contributed by atoms with Crippen molar-refractivity contribution in [2.45, 2.75) is 17.3 Å². The van der Waals surface area contributed by atoms with Gasteiger partial charge in [-0.15, -0.1) is 5.10 Å². The molecule has 1 amide bonds. The van der Waals surface area contributed by atoms with Crippen molar-refractivity contribution in [2.75, 3.05) is 5.32 Å². The van der Waals surface area contributed by atoms with Crippen LogP contribution in [0.4, 0.5) is 23.2 Å². The number of carbonyl (C=O) groups excluding carboxylic acids is 1. The number of carbonyl (C=O) groups is 1. The predicted molar refractivity (Wildman–Crippen MR) is 91.5 cm³/mol. The Labute approximate surface area is 161 Å². The maximum atomic E-state index is 14.1. The van der Waals surface area contributed by atoms with Gasteiger partial charge in [0.25, 0.3) is 15.7 Å². The number of sulfone groups is 1. The molecule has 0 unspecified atom stereocenters. The molecule has 1 heterocycles. The van der Waals surface area contributed by atoms with Crippen molar-refractivity contribution < 1.29 is 30.8 Å². The summed E-state index contributed by atoms with van der Waals surface area (Å²) in [6.07, 6.45) is 0. The molecule has 0 aliphatic rings. The molecule has 0 atom stereocenters. The summed E-state index contributed by atoms with van der Waals surface area (Å²) in [6.45, 7) is 1.61. The van der Waals surface area contributed by atoms with E-state index in [2.05, 4.69) is 20.8 Å². The normalized spacial score (nSPS) is 12.0. The van der Waals surface area contributed by atoms with Gasteiger partial charge in [0, 0.05) is 5.56 Å². The minimum Gasteiger partial charge on any atom is -0.319 e. The van der Waals surface area contributed by atoms with Crippen LogP contribution in [0.5, 0.6) is 0 Å². The maximum Gasteiger partial charge on any atom is 0.501 e. The lowest BCUT2D eigenvalue weighted by molar-refractivity contribution is -0.0436. The summed E-state index contributed by atoms with van der Waals surface area (Å²) in [5, 5.41) is 13.1. The molecule has 0 radical (unpaired) electrons. The molecule has 0 bridgehead atoms. The molecular weight excluding hydrogens is 418 g/mol. The third kappa shape index (κ3) is 3.94. The number of benzene rings is 2. The number of tetrazole rings is 1. The van der Waals surface area contributed by atoms with E-state index in [4.69, 9.17) is 0 Å². The molecule has 29 heavy (non-hydrogen) atoms. The van der Waals surface area contributed by atoms with Gasteiger partial charge < -0.3 is 5.32 Å². The fraction of sp³-hybridized carbons (Fsp3) is 0.125. The minimum atomic E-state index is -5.53. The van der Waals surface area contributed by atoms with Crippen LogP contribution in [0, 0.1) is 12.7 Å². The lowest BCUT2D eigenvalue weighted by Gasteiger charge is -2.10. The largest absolute Gasteiger partial charge is 0.501 e. The second-order valence-electron chi connectivity index (χ2n) is 5.73. The zero-order valence-electron chi connectivity index (χ0n) is 14.5. The molecule has 0 fully saturated rings. The monoisotopic (exact) mass is 429 g/mol. The first-order chi connectivity index (χ1) is 13.5. The highest BCUT2D eigenvalue weighted by atomic mass is 32.2. The fourth-order valence-corrected chi connectivity index (χ4v) is 3.09. The Kier molecular flexibility index (Phi) is 5.09. The lowest BCUT2D eigenvalue weighted by Crippen LogP contribution is -2.23. The van der Waals surface area contributed by atoms with Gasteiger partial charge in [-0.05, 0) is 59.8 Å². The van der Waals surface area contributed by atoms with Crippen LogP contribution in [0.25, 0.3) is 5.69 Å². The molecule has 8 nitrogen and oxygen atoms in total. The number of hydrogen-bond acceptors (Lipinski definition) is 6. The summed E-state index contributed by atoms with van der Waals surface area (Å²) in [5.41, 5.74) is -5.51. The molecule has 0 spiro atoms. The molecule has 13 heteroatoms. The highest BCUT2D eigenvalue weighted by Gasteiger charge is 2.46. The van der Waals surface area contributed by atoms with Crippen molar-refractivity contribution in [1.29, 1.82) is 0 Å². The Balaban J connectivity index is 1.85.